The molecule has 2 aliphatic heterocycles. The van der Waals surface area contributed by atoms with Gasteiger partial charge in [-0.2, -0.15) is 0 Å². The van der Waals surface area contributed by atoms with Crippen LogP contribution in [0.1, 0.15) is 5.56 Å². The van der Waals surface area contributed by atoms with E-state index in [2.05, 4.69) is 5.32 Å². The zero-order chi connectivity index (χ0) is 29.3. The molecule has 3 aromatic carbocycles. The van der Waals surface area contributed by atoms with Crippen molar-refractivity contribution >= 4 is 35.4 Å². The molecule has 3 N–H and O–H groups in total. The maximum atomic E-state index is 12.7. The summed E-state index contributed by atoms with van der Waals surface area (Å²) in [5, 5.41) is 2.73. The van der Waals surface area contributed by atoms with Crippen LogP contribution in [0.2, 0.25) is 0 Å². The van der Waals surface area contributed by atoms with Gasteiger partial charge in [0.05, 0.1) is 11.4 Å². The molecule has 11 heteroatoms. The summed E-state index contributed by atoms with van der Waals surface area (Å²) in [6, 6.07) is 21.2. The molecule has 3 aromatic rings. The summed E-state index contributed by atoms with van der Waals surface area (Å²) in [4.78, 5) is 40.5. The highest BCUT2D eigenvalue weighted by Crippen LogP contribution is 2.31. The standard InChI is InChI=1S/C31H30N4O7/c32-25-5-1-2-6-26(25)33-29(36)14-11-22-9-12-23(13-10-22)39-21-30(37)34-15-17-35(18-16-34)31(38)41-20-24-19-40-27-7-3-4-8-28(27)42-24/h1-14,19H,15-18,20-21,32H2,(H,33,36)/b14-11+. The van der Waals surface area contributed by atoms with Gasteiger partial charge >= 0.3 is 6.09 Å². The van der Waals surface area contributed by atoms with E-state index in [-0.39, 0.29) is 25.0 Å². The lowest BCUT2D eigenvalue weighted by Gasteiger charge is -2.34. The van der Waals surface area contributed by atoms with Crippen molar-refractivity contribution in [2.75, 3.05) is 50.4 Å². The molecule has 0 unspecified atom stereocenters. The number of nitrogens with zero attached hydrogens (tertiary/aromatic N) is 2. The van der Waals surface area contributed by atoms with Crippen LogP contribution in [0.4, 0.5) is 16.2 Å². The van der Waals surface area contributed by atoms with Crippen molar-refractivity contribution in [2.24, 2.45) is 0 Å². The minimum atomic E-state index is -0.488. The number of carbonyl (C=O) groups is 3. The Balaban J connectivity index is 1.00. The van der Waals surface area contributed by atoms with E-state index >= 15 is 0 Å². The Morgan fingerprint density at radius 3 is 2.33 bits per heavy atom. The normalized spacial score (nSPS) is 14.2. The number of amides is 3. The lowest BCUT2D eigenvalue weighted by atomic mass is 10.2. The number of nitrogens with one attached hydrogen (secondary N) is 1. The minimum Gasteiger partial charge on any atom is -0.484 e. The molecule has 3 amide bonds. The maximum absolute atomic E-state index is 12.7. The van der Waals surface area contributed by atoms with Crippen LogP contribution in [-0.2, 0) is 14.3 Å². The SMILES string of the molecule is Nc1ccccc1NC(=O)/C=C/c1ccc(OCC(=O)N2CCN(C(=O)OCC3=COc4ccccc4O3)CC2)cc1. The van der Waals surface area contributed by atoms with Gasteiger partial charge in [-0.25, -0.2) is 4.79 Å². The fraction of sp³-hybridized carbons (Fsp3) is 0.194. The van der Waals surface area contributed by atoms with Crippen molar-refractivity contribution in [2.45, 2.75) is 0 Å². The Morgan fingerprint density at radius 1 is 0.881 bits per heavy atom. The number of nitrogen functional groups attached to an aromatic ring is 1. The highest BCUT2D eigenvalue weighted by atomic mass is 16.6. The van der Waals surface area contributed by atoms with Gasteiger partial charge < -0.3 is 39.8 Å². The largest absolute Gasteiger partial charge is 0.484 e. The lowest BCUT2D eigenvalue weighted by molar-refractivity contribution is -0.135. The van der Waals surface area contributed by atoms with Crippen LogP contribution in [-0.4, -0.2) is 67.1 Å². The molecule has 0 aromatic heterocycles. The van der Waals surface area contributed by atoms with Gasteiger partial charge in [-0.1, -0.05) is 36.4 Å². The first-order valence-corrected chi connectivity index (χ1v) is 13.3. The molecule has 1 fully saturated rings. The van der Waals surface area contributed by atoms with Crippen LogP contribution < -0.4 is 25.3 Å². The van der Waals surface area contributed by atoms with Crippen LogP contribution in [0.3, 0.4) is 0 Å². The number of para-hydroxylation sites is 4. The monoisotopic (exact) mass is 570 g/mol. The van der Waals surface area contributed by atoms with E-state index in [0.717, 1.165) is 5.56 Å². The molecule has 0 saturated carbocycles. The van der Waals surface area contributed by atoms with E-state index < -0.39 is 6.09 Å². The second-order valence-corrected chi connectivity index (χ2v) is 9.44. The van der Waals surface area contributed by atoms with E-state index in [0.29, 0.717) is 60.6 Å². The fourth-order valence-corrected chi connectivity index (χ4v) is 4.22. The Bertz CT molecular complexity index is 1500. The third-order valence-electron chi connectivity index (χ3n) is 6.52. The number of nitrogens with two attached hydrogens (primary N) is 1. The summed E-state index contributed by atoms with van der Waals surface area (Å²) in [6.07, 6.45) is 4.01. The van der Waals surface area contributed by atoms with E-state index in [9.17, 15) is 14.4 Å². The molecule has 216 valence electrons. The topological polar surface area (TPSA) is 133 Å². The van der Waals surface area contributed by atoms with Crippen LogP contribution in [0.15, 0.2) is 90.9 Å². The molecular weight excluding hydrogens is 540 g/mol. The van der Waals surface area contributed by atoms with Crippen molar-refractivity contribution in [1.82, 2.24) is 9.80 Å². The van der Waals surface area contributed by atoms with E-state index in [1.54, 1.807) is 76.5 Å². The summed E-state index contributed by atoms with van der Waals surface area (Å²) < 4.78 is 22.2. The summed E-state index contributed by atoms with van der Waals surface area (Å²) in [5.41, 5.74) is 7.67. The van der Waals surface area contributed by atoms with Crippen molar-refractivity contribution in [1.29, 1.82) is 0 Å². The minimum absolute atomic E-state index is 0.0647. The number of rotatable bonds is 8. The molecule has 0 aliphatic carbocycles. The summed E-state index contributed by atoms with van der Waals surface area (Å²) in [6.45, 7) is 1.23. The van der Waals surface area contributed by atoms with Crippen LogP contribution in [0.5, 0.6) is 17.2 Å². The number of ether oxygens (including phenoxy) is 4. The molecule has 0 atom stereocenters. The number of hydrogen-bond acceptors (Lipinski definition) is 8. The van der Waals surface area contributed by atoms with Gasteiger partial charge in [0.25, 0.3) is 5.91 Å². The second-order valence-electron chi connectivity index (χ2n) is 9.44. The zero-order valence-corrected chi connectivity index (χ0v) is 22.7. The molecule has 5 rings (SSSR count). The average molecular weight is 571 g/mol. The maximum Gasteiger partial charge on any atom is 0.410 e. The van der Waals surface area contributed by atoms with Crippen LogP contribution in [0, 0.1) is 0 Å². The molecule has 0 radical (unpaired) electrons. The quantitative estimate of drug-likeness (QED) is 0.308. The van der Waals surface area contributed by atoms with Gasteiger partial charge in [0, 0.05) is 32.3 Å². The number of piperazine rings is 1. The van der Waals surface area contributed by atoms with Crippen LogP contribution >= 0.6 is 0 Å². The molecule has 2 aliphatic rings. The molecule has 0 bridgehead atoms. The highest BCUT2D eigenvalue weighted by Gasteiger charge is 2.26. The Labute approximate surface area is 242 Å². The smallest absolute Gasteiger partial charge is 0.410 e. The van der Waals surface area contributed by atoms with Gasteiger partial charge in [0.1, 0.15) is 12.0 Å². The summed E-state index contributed by atoms with van der Waals surface area (Å²) >= 11 is 0. The molecule has 2 heterocycles. The highest BCUT2D eigenvalue weighted by molar-refractivity contribution is 6.03. The van der Waals surface area contributed by atoms with Crippen molar-refractivity contribution < 1.29 is 33.3 Å². The van der Waals surface area contributed by atoms with Gasteiger partial charge in [0.2, 0.25) is 5.91 Å². The summed E-state index contributed by atoms with van der Waals surface area (Å²) in [5.74, 6) is 1.58. The predicted molar refractivity (Wildman–Crippen MR) is 156 cm³/mol. The van der Waals surface area contributed by atoms with Crippen molar-refractivity contribution in [3.63, 3.8) is 0 Å². The third kappa shape index (κ3) is 7.39. The van der Waals surface area contributed by atoms with Gasteiger partial charge in [-0.3, -0.25) is 9.59 Å². The number of carbonyl (C=O) groups excluding carboxylic acids is 3. The zero-order valence-electron chi connectivity index (χ0n) is 22.7. The van der Waals surface area contributed by atoms with Gasteiger partial charge in [-0.15, -0.1) is 0 Å². The van der Waals surface area contributed by atoms with Gasteiger partial charge in [0.15, 0.2) is 30.5 Å². The number of anilines is 2. The van der Waals surface area contributed by atoms with Crippen LogP contribution in [0.25, 0.3) is 6.08 Å². The number of hydrogen-bond donors (Lipinski definition) is 2. The van der Waals surface area contributed by atoms with E-state index in [4.69, 9.17) is 24.7 Å². The Morgan fingerprint density at radius 2 is 1.57 bits per heavy atom. The first kappa shape index (κ1) is 28.1. The number of fused-ring (bicyclic) bond motifs is 1. The lowest BCUT2D eigenvalue weighted by Crippen LogP contribution is -2.51. The summed E-state index contributed by atoms with van der Waals surface area (Å²) in [7, 11) is 0. The fourth-order valence-electron chi connectivity index (χ4n) is 4.22. The average Bonchev–Trinajstić information content (AvgIpc) is 3.03. The molecule has 42 heavy (non-hydrogen) atoms. The first-order valence-electron chi connectivity index (χ1n) is 13.3. The first-order chi connectivity index (χ1) is 20.4. The molecular formula is C31H30N4O7. The van der Waals surface area contributed by atoms with E-state index in [1.807, 2.05) is 12.1 Å². The molecule has 1 saturated heterocycles. The van der Waals surface area contributed by atoms with Gasteiger partial charge in [-0.05, 0) is 48.0 Å². The van der Waals surface area contributed by atoms with E-state index in [1.165, 1.54) is 12.3 Å². The van der Waals surface area contributed by atoms with Crippen molar-refractivity contribution in [3.8, 4) is 17.2 Å². The predicted octanol–water partition coefficient (Wildman–Crippen LogP) is 3.89. The molecule has 0 spiro atoms. The Hall–Kier alpha value is -5.45. The second kappa shape index (κ2) is 13.3. The third-order valence-corrected chi connectivity index (χ3v) is 6.52. The van der Waals surface area contributed by atoms with Crippen molar-refractivity contribution in [3.05, 3.63) is 96.5 Å². The molecule has 11 nitrogen and oxygen atoms in total. The Kier molecular flexibility index (Phi) is 8.88. The number of benzene rings is 3.